The quantitative estimate of drug-likeness (QED) is 0.513. The second kappa shape index (κ2) is 11.0. The van der Waals surface area contributed by atoms with Gasteiger partial charge in [0.05, 0.1) is 18.0 Å². The Balaban J connectivity index is 1.48. The van der Waals surface area contributed by atoms with Gasteiger partial charge in [-0.15, -0.1) is 0 Å². The number of carbonyl (C=O) groups excluding carboxylic acids is 2. The van der Waals surface area contributed by atoms with Crippen molar-refractivity contribution >= 4 is 11.9 Å². The van der Waals surface area contributed by atoms with Crippen LogP contribution in [0.5, 0.6) is 0 Å². The molecule has 1 heterocycles. The molecule has 3 amide bonds. The fourth-order valence-corrected chi connectivity index (χ4v) is 4.66. The van der Waals surface area contributed by atoms with E-state index in [1.165, 1.54) is 5.56 Å². The third kappa shape index (κ3) is 5.84. The Morgan fingerprint density at radius 3 is 2.35 bits per heavy atom. The summed E-state index contributed by atoms with van der Waals surface area (Å²) in [4.78, 5) is 28.3. The molecule has 5 nitrogen and oxygen atoms in total. The zero-order valence-electron chi connectivity index (χ0n) is 19.9. The number of nitrogens with one attached hydrogen (secondary N) is 2. The molecule has 5 heteroatoms. The summed E-state index contributed by atoms with van der Waals surface area (Å²) in [5, 5.41) is 6.21. The van der Waals surface area contributed by atoms with E-state index in [1.807, 2.05) is 78.6 Å². The van der Waals surface area contributed by atoms with Gasteiger partial charge in [-0.05, 0) is 43.4 Å². The number of hydrogen-bond acceptors (Lipinski definition) is 2. The molecule has 0 radical (unpaired) electrons. The zero-order valence-corrected chi connectivity index (χ0v) is 19.9. The van der Waals surface area contributed by atoms with Crippen molar-refractivity contribution in [2.75, 3.05) is 6.54 Å². The number of carbonyl (C=O) groups is 2. The van der Waals surface area contributed by atoms with E-state index >= 15 is 0 Å². The van der Waals surface area contributed by atoms with E-state index in [0.29, 0.717) is 13.1 Å². The fourth-order valence-electron chi connectivity index (χ4n) is 4.66. The van der Waals surface area contributed by atoms with Crippen molar-refractivity contribution in [3.05, 3.63) is 107 Å². The molecule has 34 heavy (non-hydrogen) atoms. The van der Waals surface area contributed by atoms with Crippen LogP contribution in [0.2, 0.25) is 0 Å². The topological polar surface area (TPSA) is 61.4 Å². The minimum Gasteiger partial charge on any atom is -0.349 e. The molecule has 2 N–H and O–H groups in total. The van der Waals surface area contributed by atoms with Crippen molar-refractivity contribution in [2.24, 2.45) is 5.92 Å². The first kappa shape index (κ1) is 23.6. The Kier molecular flexibility index (Phi) is 7.63. The van der Waals surface area contributed by atoms with Gasteiger partial charge < -0.3 is 15.5 Å². The Morgan fingerprint density at radius 1 is 0.941 bits per heavy atom. The van der Waals surface area contributed by atoms with Crippen LogP contribution in [-0.2, 0) is 11.3 Å². The predicted molar refractivity (Wildman–Crippen MR) is 135 cm³/mol. The van der Waals surface area contributed by atoms with Crippen LogP contribution in [-0.4, -0.2) is 23.4 Å². The lowest BCUT2D eigenvalue weighted by atomic mass is 9.88. The minimum absolute atomic E-state index is 0.0000883. The zero-order chi connectivity index (χ0) is 23.9. The van der Waals surface area contributed by atoms with Crippen LogP contribution >= 0.6 is 0 Å². The number of hydrogen-bond donors (Lipinski definition) is 2. The molecule has 176 valence electrons. The van der Waals surface area contributed by atoms with E-state index in [0.717, 1.165) is 29.5 Å². The summed E-state index contributed by atoms with van der Waals surface area (Å²) < 4.78 is 0. The SMILES string of the molecule is Cc1cccc([C@@H]2CC[C@H](C(=O)N[C@@H](C)c3ccccc3)CN2C(=O)NCc2ccccc2)c1. The van der Waals surface area contributed by atoms with Crippen LogP contribution in [0.1, 0.15) is 54.1 Å². The molecule has 0 bridgehead atoms. The highest BCUT2D eigenvalue weighted by Crippen LogP contribution is 2.34. The number of benzene rings is 3. The van der Waals surface area contributed by atoms with Gasteiger partial charge >= 0.3 is 6.03 Å². The van der Waals surface area contributed by atoms with Gasteiger partial charge in [0.2, 0.25) is 5.91 Å². The van der Waals surface area contributed by atoms with Crippen molar-refractivity contribution in [1.82, 2.24) is 15.5 Å². The maximum atomic E-state index is 13.3. The van der Waals surface area contributed by atoms with Gasteiger partial charge in [0.25, 0.3) is 0 Å². The average molecular weight is 456 g/mol. The Labute approximate surface area is 202 Å². The fraction of sp³-hybridized carbons (Fsp3) is 0.310. The van der Waals surface area contributed by atoms with E-state index in [1.54, 1.807) is 0 Å². The van der Waals surface area contributed by atoms with Gasteiger partial charge in [0, 0.05) is 13.1 Å². The number of aryl methyl sites for hydroxylation is 1. The van der Waals surface area contributed by atoms with E-state index in [-0.39, 0.29) is 29.9 Å². The van der Waals surface area contributed by atoms with Crippen LogP contribution in [0.3, 0.4) is 0 Å². The molecule has 3 aromatic carbocycles. The van der Waals surface area contributed by atoms with E-state index in [4.69, 9.17) is 0 Å². The van der Waals surface area contributed by atoms with Crippen LogP contribution in [0.25, 0.3) is 0 Å². The molecule has 4 rings (SSSR count). The maximum absolute atomic E-state index is 13.3. The molecule has 0 aliphatic carbocycles. The third-order valence-corrected chi connectivity index (χ3v) is 6.59. The molecular formula is C29H33N3O2. The van der Waals surface area contributed by atoms with Crippen molar-refractivity contribution in [1.29, 1.82) is 0 Å². The van der Waals surface area contributed by atoms with Gasteiger partial charge in [-0.3, -0.25) is 4.79 Å². The first-order valence-corrected chi connectivity index (χ1v) is 12.0. The molecular weight excluding hydrogens is 422 g/mol. The first-order chi connectivity index (χ1) is 16.5. The lowest BCUT2D eigenvalue weighted by Gasteiger charge is -2.39. The lowest BCUT2D eigenvalue weighted by molar-refractivity contribution is -0.127. The number of rotatable bonds is 6. The Morgan fingerprint density at radius 2 is 1.65 bits per heavy atom. The molecule has 3 atom stereocenters. The van der Waals surface area contributed by atoms with Crippen LogP contribution in [0, 0.1) is 12.8 Å². The average Bonchev–Trinajstić information content (AvgIpc) is 2.88. The number of nitrogens with zero attached hydrogens (tertiary/aromatic N) is 1. The molecule has 0 unspecified atom stereocenters. The van der Waals surface area contributed by atoms with Crippen molar-refractivity contribution < 1.29 is 9.59 Å². The molecule has 0 spiro atoms. The molecule has 1 aliphatic heterocycles. The van der Waals surface area contributed by atoms with Crippen LogP contribution < -0.4 is 10.6 Å². The molecule has 1 fully saturated rings. The second-order valence-corrected chi connectivity index (χ2v) is 9.14. The number of amides is 3. The van der Waals surface area contributed by atoms with Crippen LogP contribution in [0.4, 0.5) is 4.79 Å². The number of urea groups is 1. The third-order valence-electron chi connectivity index (χ3n) is 6.59. The summed E-state index contributed by atoms with van der Waals surface area (Å²) in [7, 11) is 0. The van der Waals surface area contributed by atoms with E-state index < -0.39 is 0 Å². The molecule has 1 aliphatic rings. The van der Waals surface area contributed by atoms with Gasteiger partial charge in [-0.2, -0.15) is 0 Å². The summed E-state index contributed by atoms with van der Waals surface area (Å²) in [5.74, 6) is -0.241. The van der Waals surface area contributed by atoms with Crippen LogP contribution in [0.15, 0.2) is 84.9 Å². The van der Waals surface area contributed by atoms with Gasteiger partial charge in [0.1, 0.15) is 0 Å². The summed E-state index contributed by atoms with van der Waals surface area (Å²) in [6.45, 7) is 4.91. The molecule has 3 aromatic rings. The van der Waals surface area contributed by atoms with Crippen molar-refractivity contribution in [3.8, 4) is 0 Å². The Hall–Kier alpha value is -3.60. The Bertz CT molecular complexity index is 1100. The summed E-state index contributed by atoms with van der Waals surface area (Å²) in [6.07, 6.45) is 1.49. The summed E-state index contributed by atoms with van der Waals surface area (Å²) in [6, 6.07) is 27.9. The summed E-state index contributed by atoms with van der Waals surface area (Å²) >= 11 is 0. The van der Waals surface area contributed by atoms with E-state index in [9.17, 15) is 9.59 Å². The monoisotopic (exact) mass is 455 g/mol. The highest BCUT2D eigenvalue weighted by atomic mass is 16.2. The summed E-state index contributed by atoms with van der Waals surface area (Å²) in [5.41, 5.74) is 4.40. The first-order valence-electron chi connectivity index (χ1n) is 12.0. The van der Waals surface area contributed by atoms with Gasteiger partial charge in [-0.1, -0.05) is 90.5 Å². The van der Waals surface area contributed by atoms with Crippen molar-refractivity contribution in [2.45, 2.75) is 45.3 Å². The predicted octanol–water partition coefficient (Wildman–Crippen LogP) is 5.54. The molecule has 0 aromatic heterocycles. The number of likely N-dealkylation sites (tertiary alicyclic amines) is 1. The van der Waals surface area contributed by atoms with Gasteiger partial charge in [-0.25, -0.2) is 4.79 Å². The highest BCUT2D eigenvalue weighted by Gasteiger charge is 2.36. The standard InChI is InChI=1S/C29H33N3O2/c1-21-10-9-15-25(18-21)27-17-16-26(28(33)31-22(2)24-13-7-4-8-14-24)20-32(27)29(34)30-19-23-11-5-3-6-12-23/h3-15,18,22,26-27H,16-17,19-20H2,1-2H3,(H,30,34)(H,31,33)/t22-,26-,27-/m0/s1. The largest absolute Gasteiger partial charge is 0.349 e. The maximum Gasteiger partial charge on any atom is 0.318 e. The lowest BCUT2D eigenvalue weighted by Crippen LogP contribution is -2.50. The normalized spacial score (nSPS) is 18.7. The molecule has 1 saturated heterocycles. The van der Waals surface area contributed by atoms with Crippen molar-refractivity contribution in [3.63, 3.8) is 0 Å². The van der Waals surface area contributed by atoms with E-state index in [2.05, 4.69) is 35.8 Å². The second-order valence-electron chi connectivity index (χ2n) is 9.14. The van der Waals surface area contributed by atoms with Gasteiger partial charge in [0.15, 0.2) is 0 Å². The molecule has 0 saturated carbocycles. The number of piperidine rings is 1. The smallest absolute Gasteiger partial charge is 0.318 e. The highest BCUT2D eigenvalue weighted by molar-refractivity contribution is 5.81. The minimum atomic E-state index is -0.241.